The summed E-state index contributed by atoms with van der Waals surface area (Å²) < 4.78 is 12.1. The standard InChI is InChI=1S/C16H16ClNO3S/c1-2-18(9-11-7-8-15(17)22-11)16(19)14-10-20-12-5-3-4-6-13(12)21-14/h3-8,14H,2,9-10H2,1H3. The molecule has 0 bridgehead atoms. The van der Waals surface area contributed by atoms with E-state index in [9.17, 15) is 4.79 Å². The number of carbonyl (C=O) groups excluding carboxylic acids is 1. The van der Waals surface area contributed by atoms with Crippen molar-refractivity contribution in [2.24, 2.45) is 0 Å². The summed E-state index contributed by atoms with van der Waals surface area (Å²) in [5.41, 5.74) is 0. The fourth-order valence-electron chi connectivity index (χ4n) is 2.32. The van der Waals surface area contributed by atoms with Gasteiger partial charge in [-0.25, -0.2) is 0 Å². The summed E-state index contributed by atoms with van der Waals surface area (Å²) in [5, 5.41) is 0. The van der Waals surface area contributed by atoms with E-state index in [0.717, 1.165) is 9.21 Å². The van der Waals surface area contributed by atoms with Crippen LogP contribution in [0.4, 0.5) is 0 Å². The molecular weight excluding hydrogens is 322 g/mol. The Bertz CT molecular complexity index is 673. The van der Waals surface area contributed by atoms with Crippen LogP contribution in [0.25, 0.3) is 0 Å². The van der Waals surface area contributed by atoms with Crippen LogP contribution in [0.1, 0.15) is 11.8 Å². The topological polar surface area (TPSA) is 38.8 Å². The minimum atomic E-state index is -0.606. The Balaban J connectivity index is 1.69. The van der Waals surface area contributed by atoms with Crippen molar-refractivity contribution < 1.29 is 14.3 Å². The molecule has 0 radical (unpaired) electrons. The Morgan fingerprint density at radius 2 is 2.09 bits per heavy atom. The SMILES string of the molecule is CCN(Cc1ccc(Cl)s1)C(=O)C1COc2ccccc2O1. The largest absolute Gasteiger partial charge is 0.485 e. The number of thiophene rings is 1. The molecule has 1 atom stereocenters. The maximum absolute atomic E-state index is 12.6. The van der Waals surface area contributed by atoms with Gasteiger partial charge < -0.3 is 14.4 Å². The average Bonchev–Trinajstić information content (AvgIpc) is 2.96. The normalized spacial score (nSPS) is 16.4. The molecule has 0 fully saturated rings. The highest BCUT2D eigenvalue weighted by atomic mass is 35.5. The van der Waals surface area contributed by atoms with Crippen molar-refractivity contribution >= 4 is 28.8 Å². The quantitative estimate of drug-likeness (QED) is 0.855. The van der Waals surface area contributed by atoms with Crippen molar-refractivity contribution in [1.82, 2.24) is 4.90 Å². The first kappa shape index (κ1) is 15.2. The molecule has 3 rings (SSSR count). The van der Waals surface area contributed by atoms with Crippen LogP contribution in [0.3, 0.4) is 0 Å². The minimum Gasteiger partial charge on any atom is -0.485 e. The van der Waals surface area contributed by atoms with Crippen LogP contribution in [0.5, 0.6) is 11.5 Å². The second-order valence-corrected chi connectivity index (χ2v) is 6.72. The fraction of sp³-hybridized carbons (Fsp3) is 0.312. The van der Waals surface area contributed by atoms with Gasteiger partial charge in [-0.05, 0) is 31.2 Å². The third-order valence-corrected chi connectivity index (χ3v) is 4.67. The van der Waals surface area contributed by atoms with E-state index in [1.807, 2.05) is 43.3 Å². The molecule has 0 spiro atoms. The molecule has 0 saturated carbocycles. The Labute approximate surface area is 138 Å². The lowest BCUT2D eigenvalue weighted by molar-refractivity contribution is -0.141. The molecule has 4 nitrogen and oxygen atoms in total. The number of benzene rings is 1. The van der Waals surface area contributed by atoms with Gasteiger partial charge in [0.25, 0.3) is 5.91 Å². The molecule has 6 heteroatoms. The Morgan fingerprint density at radius 3 is 2.77 bits per heavy atom. The third-order valence-electron chi connectivity index (χ3n) is 3.45. The van der Waals surface area contributed by atoms with Crippen LogP contribution < -0.4 is 9.47 Å². The molecule has 1 aliphatic heterocycles. The fourth-order valence-corrected chi connectivity index (χ4v) is 3.42. The number of amides is 1. The second kappa shape index (κ2) is 6.58. The van der Waals surface area contributed by atoms with Crippen LogP contribution in [0.2, 0.25) is 4.34 Å². The van der Waals surface area contributed by atoms with Gasteiger partial charge in [0.2, 0.25) is 6.10 Å². The van der Waals surface area contributed by atoms with Gasteiger partial charge in [0.15, 0.2) is 11.5 Å². The second-order valence-electron chi connectivity index (χ2n) is 4.92. The number of halogens is 1. The van der Waals surface area contributed by atoms with Crippen molar-refractivity contribution in [2.75, 3.05) is 13.2 Å². The van der Waals surface area contributed by atoms with Gasteiger partial charge in [0.05, 0.1) is 10.9 Å². The molecule has 0 aliphatic carbocycles. The summed E-state index contributed by atoms with van der Waals surface area (Å²) in [6.45, 7) is 3.33. The van der Waals surface area contributed by atoms with E-state index in [2.05, 4.69) is 0 Å². The van der Waals surface area contributed by atoms with Crippen LogP contribution in [-0.2, 0) is 11.3 Å². The van der Waals surface area contributed by atoms with Crippen molar-refractivity contribution in [2.45, 2.75) is 19.6 Å². The number of likely N-dealkylation sites (N-methyl/N-ethyl adjacent to an activating group) is 1. The highest BCUT2D eigenvalue weighted by Gasteiger charge is 2.30. The van der Waals surface area contributed by atoms with E-state index in [1.165, 1.54) is 11.3 Å². The van der Waals surface area contributed by atoms with Crippen LogP contribution in [0.15, 0.2) is 36.4 Å². The summed E-state index contributed by atoms with van der Waals surface area (Å²) in [6.07, 6.45) is -0.606. The number of hydrogen-bond acceptors (Lipinski definition) is 4. The number of fused-ring (bicyclic) bond motifs is 1. The lowest BCUT2D eigenvalue weighted by Gasteiger charge is -2.30. The zero-order valence-corrected chi connectivity index (χ0v) is 13.7. The van der Waals surface area contributed by atoms with E-state index >= 15 is 0 Å². The lowest BCUT2D eigenvalue weighted by Crippen LogP contribution is -2.45. The maximum atomic E-state index is 12.6. The lowest BCUT2D eigenvalue weighted by atomic mass is 10.2. The van der Waals surface area contributed by atoms with E-state index < -0.39 is 6.10 Å². The molecule has 1 aromatic heterocycles. The van der Waals surface area contributed by atoms with Crippen LogP contribution in [-0.4, -0.2) is 30.1 Å². The number of ether oxygens (including phenoxy) is 2. The first-order valence-corrected chi connectivity index (χ1v) is 8.28. The highest BCUT2D eigenvalue weighted by Crippen LogP contribution is 2.31. The Kier molecular flexibility index (Phi) is 4.55. The first-order chi connectivity index (χ1) is 10.7. The molecule has 1 amide bonds. The zero-order valence-electron chi connectivity index (χ0n) is 12.1. The molecule has 2 aromatic rings. The molecule has 0 saturated heterocycles. The van der Waals surface area contributed by atoms with E-state index in [0.29, 0.717) is 24.6 Å². The molecule has 1 aromatic carbocycles. The first-order valence-electron chi connectivity index (χ1n) is 7.09. The molecular formula is C16H16ClNO3S. The zero-order chi connectivity index (χ0) is 15.5. The van der Waals surface area contributed by atoms with E-state index in [4.69, 9.17) is 21.1 Å². The van der Waals surface area contributed by atoms with Gasteiger partial charge in [-0.2, -0.15) is 0 Å². The number of rotatable bonds is 4. The summed E-state index contributed by atoms with van der Waals surface area (Å²) in [7, 11) is 0. The molecule has 2 heterocycles. The number of nitrogens with zero attached hydrogens (tertiary/aromatic N) is 1. The van der Waals surface area contributed by atoms with Crippen LogP contribution >= 0.6 is 22.9 Å². The highest BCUT2D eigenvalue weighted by molar-refractivity contribution is 7.16. The number of hydrogen-bond donors (Lipinski definition) is 0. The number of carbonyl (C=O) groups is 1. The van der Waals surface area contributed by atoms with Crippen molar-refractivity contribution in [1.29, 1.82) is 0 Å². The summed E-state index contributed by atoms with van der Waals surface area (Å²) >= 11 is 7.43. The predicted octanol–water partition coefficient (Wildman–Crippen LogP) is 3.59. The van der Waals surface area contributed by atoms with Crippen molar-refractivity contribution in [3.8, 4) is 11.5 Å². The van der Waals surface area contributed by atoms with Gasteiger partial charge in [0, 0.05) is 11.4 Å². The van der Waals surface area contributed by atoms with Gasteiger partial charge in [-0.3, -0.25) is 4.79 Å². The van der Waals surface area contributed by atoms with Gasteiger partial charge in [-0.1, -0.05) is 23.7 Å². The molecule has 116 valence electrons. The predicted molar refractivity (Wildman–Crippen MR) is 86.8 cm³/mol. The third kappa shape index (κ3) is 3.20. The molecule has 22 heavy (non-hydrogen) atoms. The number of para-hydroxylation sites is 2. The Hall–Kier alpha value is -1.72. The van der Waals surface area contributed by atoms with E-state index in [1.54, 1.807) is 4.90 Å². The van der Waals surface area contributed by atoms with Crippen LogP contribution in [0, 0.1) is 0 Å². The Morgan fingerprint density at radius 1 is 1.32 bits per heavy atom. The summed E-state index contributed by atoms with van der Waals surface area (Å²) in [6, 6.07) is 11.2. The average molecular weight is 338 g/mol. The van der Waals surface area contributed by atoms with Gasteiger partial charge >= 0.3 is 0 Å². The van der Waals surface area contributed by atoms with E-state index in [-0.39, 0.29) is 12.5 Å². The van der Waals surface area contributed by atoms with Crippen molar-refractivity contribution in [3.63, 3.8) is 0 Å². The maximum Gasteiger partial charge on any atom is 0.267 e. The van der Waals surface area contributed by atoms with Gasteiger partial charge in [-0.15, -0.1) is 11.3 Å². The monoisotopic (exact) mass is 337 g/mol. The molecule has 1 unspecified atom stereocenters. The smallest absolute Gasteiger partial charge is 0.267 e. The van der Waals surface area contributed by atoms with Gasteiger partial charge in [0.1, 0.15) is 6.61 Å². The minimum absolute atomic E-state index is 0.0680. The van der Waals surface area contributed by atoms with Crippen molar-refractivity contribution in [3.05, 3.63) is 45.6 Å². The molecule has 1 aliphatic rings. The summed E-state index contributed by atoms with van der Waals surface area (Å²) in [5.74, 6) is 1.23. The summed E-state index contributed by atoms with van der Waals surface area (Å²) in [4.78, 5) is 15.5. The molecule has 0 N–H and O–H groups in total.